The lowest BCUT2D eigenvalue weighted by Crippen LogP contribution is -2.30. The second kappa shape index (κ2) is 6.34. The fourth-order valence-corrected chi connectivity index (χ4v) is 3.17. The largest absolute Gasteiger partial charge is 0.338 e. The minimum Gasteiger partial charge on any atom is -0.338 e. The van der Waals surface area contributed by atoms with Crippen LogP contribution < -0.4 is 5.32 Å². The number of rotatable bonds is 3. The molecule has 2 heterocycles. The molecule has 1 aromatic carbocycles. The Morgan fingerprint density at radius 3 is 2.81 bits per heavy atom. The van der Waals surface area contributed by atoms with Gasteiger partial charge in [-0.05, 0) is 43.0 Å². The van der Waals surface area contributed by atoms with Crippen LogP contribution in [0.5, 0.6) is 0 Å². The highest BCUT2D eigenvalue weighted by atomic mass is 35.5. The van der Waals surface area contributed by atoms with Crippen molar-refractivity contribution < 1.29 is 4.52 Å². The summed E-state index contributed by atoms with van der Waals surface area (Å²) in [5.41, 5.74) is 0.832. The number of nitrogens with zero attached hydrogens (tertiary/aromatic N) is 2. The molecule has 2 unspecified atom stereocenters. The summed E-state index contributed by atoms with van der Waals surface area (Å²) in [5.74, 6) is 1.93. The van der Waals surface area contributed by atoms with E-state index < -0.39 is 0 Å². The molecule has 0 saturated carbocycles. The van der Waals surface area contributed by atoms with E-state index >= 15 is 0 Å². The average molecular weight is 326 g/mol. The monoisotopic (exact) mass is 325 g/mol. The molecule has 2 aromatic rings. The molecule has 0 amide bonds. The van der Waals surface area contributed by atoms with Crippen molar-refractivity contribution in [3.8, 4) is 0 Å². The van der Waals surface area contributed by atoms with Crippen LogP contribution in [0.25, 0.3) is 0 Å². The molecule has 6 heteroatoms. The molecule has 0 spiro atoms. The van der Waals surface area contributed by atoms with Crippen LogP contribution in [0.15, 0.2) is 22.7 Å². The molecule has 0 aliphatic carbocycles. The Morgan fingerprint density at radius 2 is 2.10 bits per heavy atom. The van der Waals surface area contributed by atoms with E-state index in [4.69, 9.17) is 27.7 Å². The predicted molar refractivity (Wildman–Crippen MR) is 82.7 cm³/mol. The smallest absolute Gasteiger partial charge is 0.243 e. The molecule has 2 atom stereocenters. The quantitative estimate of drug-likeness (QED) is 0.925. The number of benzene rings is 1. The Labute approximate surface area is 133 Å². The fraction of sp³-hybridized carbons (Fsp3) is 0.467. The van der Waals surface area contributed by atoms with E-state index in [0.717, 1.165) is 18.5 Å². The van der Waals surface area contributed by atoms with Crippen molar-refractivity contribution in [2.75, 3.05) is 6.54 Å². The van der Waals surface area contributed by atoms with Crippen molar-refractivity contribution in [3.63, 3.8) is 0 Å². The molecule has 1 aromatic heterocycles. The van der Waals surface area contributed by atoms with Gasteiger partial charge in [-0.25, -0.2) is 0 Å². The van der Waals surface area contributed by atoms with Crippen LogP contribution in [0.2, 0.25) is 10.0 Å². The lowest BCUT2D eigenvalue weighted by Gasteiger charge is -2.25. The van der Waals surface area contributed by atoms with Crippen LogP contribution in [0.1, 0.15) is 43.1 Å². The summed E-state index contributed by atoms with van der Waals surface area (Å²) >= 11 is 12.3. The number of nitrogens with one attached hydrogen (secondary N) is 1. The number of aromatic nitrogens is 2. The molecular formula is C15H17Cl2N3O. The van der Waals surface area contributed by atoms with E-state index in [2.05, 4.69) is 22.4 Å². The normalized spacial score (nSPS) is 22.4. The standard InChI is InChI=1S/C15H17Cl2N3O/c1-9-5-6-18-13(7-9)15-19-14(20-21-15)8-10-11(16)3-2-4-12(10)17/h2-4,9,13,18H,5-8H2,1H3. The van der Waals surface area contributed by atoms with Gasteiger partial charge in [-0.2, -0.15) is 4.98 Å². The minimum atomic E-state index is 0.150. The highest BCUT2D eigenvalue weighted by molar-refractivity contribution is 6.36. The number of hydrogen-bond acceptors (Lipinski definition) is 4. The van der Waals surface area contributed by atoms with Crippen molar-refractivity contribution in [2.45, 2.75) is 32.2 Å². The van der Waals surface area contributed by atoms with Crippen molar-refractivity contribution in [3.05, 3.63) is 45.5 Å². The van der Waals surface area contributed by atoms with Gasteiger partial charge in [-0.15, -0.1) is 0 Å². The molecule has 1 N–H and O–H groups in total. The number of halogens is 2. The maximum absolute atomic E-state index is 6.17. The van der Waals surface area contributed by atoms with Gasteiger partial charge in [-0.3, -0.25) is 0 Å². The van der Waals surface area contributed by atoms with Gasteiger partial charge in [0.1, 0.15) is 0 Å². The van der Waals surface area contributed by atoms with Gasteiger partial charge >= 0.3 is 0 Å². The average Bonchev–Trinajstić information content (AvgIpc) is 2.92. The van der Waals surface area contributed by atoms with Gasteiger partial charge < -0.3 is 9.84 Å². The zero-order valence-corrected chi connectivity index (χ0v) is 13.3. The summed E-state index contributed by atoms with van der Waals surface area (Å²) in [6.07, 6.45) is 2.69. The zero-order chi connectivity index (χ0) is 14.8. The molecule has 1 fully saturated rings. The van der Waals surface area contributed by atoms with Crippen LogP contribution in [0.4, 0.5) is 0 Å². The Kier molecular flexibility index (Phi) is 4.48. The second-order valence-electron chi connectivity index (χ2n) is 5.56. The van der Waals surface area contributed by atoms with Crippen molar-refractivity contribution in [1.29, 1.82) is 0 Å². The SMILES string of the molecule is CC1CCNC(c2nc(Cc3c(Cl)cccc3Cl)no2)C1. The van der Waals surface area contributed by atoms with Gasteiger partial charge in [-0.1, -0.05) is 41.3 Å². The van der Waals surface area contributed by atoms with Crippen LogP contribution in [0.3, 0.4) is 0 Å². The number of piperidine rings is 1. The molecule has 1 aliphatic heterocycles. The minimum absolute atomic E-state index is 0.150. The van der Waals surface area contributed by atoms with E-state index in [9.17, 15) is 0 Å². The Morgan fingerprint density at radius 1 is 1.33 bits per heavy atom. The number of hydrogen-bond donors (Lipinski definition) is 1. The summed E-state index contributed by atoms with van der Waals surface area (Å²) < 4.78 is 5.39. The van der Waals surface area contributed by atoms with Gasteiger partial charge in [0.2, 0.25) is 5.89 Å². The molecule has 112 valence electrons. The van der Waals surface area contributed by atoms with Crippen molar-refractivity contribution in [1.82, 2.24) is 15.5 Å². The van der Waals surface area contributed by atoms with Crippen LogP contribution in [0, 0.1) is 5.92 Å². The molecule has 1 saturated heterocycles. The van der Waals surface area contributed by atoms with Gasteiger partial charge in [0.05, 0.1) is 6.04 Å². The molecule has 0 radical (unpaired) electrons. The highest BCUT2D eigenvalue weighted by Crippen LogP contribution is 2.28. The maximum Gasteiger partial charge on any atom is 0.243 e. The lowest BCUT2D eigenvalue weighted by atomic mass is 9.94. The van der Waals surface area contributed by atoms with E-state index in [-0.39, 0.29) is 6.04 Å². The highest BCUT2D eigenvalue weighted by Gasteiger charge is 2.25. The third-order valence-corrected chi connectivity index (χ3v) is 4.55. The van der Waals surface area contributed by atoms with Crippen molar-refractivity contribution >= 4 is 23.2 Å². The summed E-state index contributed by atoms with van der Waals surface area (Å²) in [4.78, 5) is 4.49. The Hall–Kier alpha value is -1.10. The molecule has 0 bridgehead atoms. The summed E-state index contributed by atoms with van der Waals surface area (Å²) in [6, 6.07) is 5.60. The van der Waals surface area contributed by atoms with E-state index in [1.54, 1.807) is 0 Å². The first-order valence-corrected chi connectivity index (χ1v) is 7.88. The first kappa shape index (κ1) is 14.8. The molecule has 3 rings (SSSR count). The molecule has 4 nitrogen and oxygen atoms in total. The van der Waals surface area contributed by atoms with Gasteiger partial charge in [0, 0.05) is 16.5 Å². The Balaban J connectivity index is 1.76. The topological polar surface area (TPSA) is 51.0 Å². The first-order valence-electron chi connectivity index (χ1n) is 7.12. The van der Waals surface area contributed by atoms with Crippen LogP contribution in [-0.2, 0) is 6.42 Å². The summed E-state index contributed by atoms with van der Waals surface area (Å²) in [5, 5.41) is 8.71. The third kappa shape index (κ3) is 3.39. The lowest BCUT2D eigenvalue weighted by molar-refractivity contribution is 0.259. The van der Waals surface area contributed by atoms with Crippen LogP contribution >= 0.6 is 23.2 Å². The van der Waals surface area contributed by atoms with E-state index in [1.807, 2.05) is 18.2 Å². The van der Waals surface area contributed by atoms with Crippen molar-refractivity contribution in [2.24, 2.45) is 5.92 Å². The molecule has 21 heavy (non-hydrogen) atoms. The maximum atomic E-state index is 6.17. The van der Waals surface area contributed by atoms with Crippen LogP contribution in [-0.4, -0.2) is 16.7 Å². The first-order chi connectivity index (χ1) is 10.1. The molecule has 1 aliphatic rings. The zero-order valence-electron chi connectivity index (χ0n) is 11.8. The fourth-order valence-electron chi connectivity index (χ4n) is 2.64. The molecular weight excluding hydrogens is 309 g/mol. The van der Waals surface area contributed by atoms with Gasteiger partial charge in [0.15, 0.2) is 5.82 Å². The second-order valence-corrected chi connectivity index (χ2v) is 6.38. The Bertz CT molecular complexity index is 609. The third-order valence-electron chi connectivity index (χ3n) is 3.84. The summed E-state index contributed by atoms with van der Waals surface area (Å²) in [6.45, 7) is 3.23. The predicted octanol–water partition coefficient (Wildman–Crippen LogP) is 4.03. The van der Waals surface area contributed by atoms with E-state index in [0.29, 0.717) is 34.1 Å². The van der Waals surface area contributed by atoms with E-state index in [1.165, 1.54) is 6.42 Å². The summed E-state index contributed by atoms with van der Waals surface area (Å²) in [7, 11) is 0. The van der Waals surface area contributed by atoms with Gasteiger partial charge in [0.25, 0.3) is 0 Å².